The van der Waals surface area contributed by atoms with Crippen molar-refractivity contribution >= 4 is 34.2 Å². The van der Waals surface area contributed by atoms with Gasteiger partial charge >= 0.3 is 0 Å². The van der Waals surface area contributed by atoms with Crippen molar-refractivity contribution in [3.63, 3.8) is 0 Å². The number of hydrogen-bond donors (Lipinski definition) is 4. The number of nitrogen functional groups attached to an aromatic ring is 1. The van der Waals surface area contributed by atoms with E-state index in [1.165, 1.54) is 11.3 Å². The van der Waals surface area contributed by atoms with E-state index >= 15 is 0 Å². The Morgan fingerprint density at radius 3 is 2.63 bits per heavy atom. The lowest BCUT2D eigenvalue weighted by molar-refractivity contribution is -0.129. The maximum atomic E-state index is 13.1. The number of fused-ring (bicyclic) bond motifs is 3. The molecule has 0 aromatic carbocycles. The first-order valence-corrected chi connectivity index (χ1v) is 12.4. The van der Waals surface area contributed by atoms with Gasteiger partial charge in [0.2, 0.25) is 11.9 Å². The van der Waals surface area contributed by atoms with Gasteiger partial charge in [-0.2, -0.15) is 5.10 Å². The molecule has 0 saturated carbocycles. The van der Waals surface area contributed by atoms with E-state index in [4.69, 9.17) is 5.73 Å². The minimum atomic E-state index is -0.350. The molecule has 0 unspecified atom stereocenters. The van der Waals surface area contributed by atoms with Gasteiger partial charge in [0, 0.05) is 30.2 Å². The molecule has 0 spiro atoms. The van der Waals surface area contributed by atoms with Crippen molar-refractivity contribution in [1.82, 2.24) is 35.4 Å². The van der Waals surface area contributed by atoms with Gasteiger partial charge in [-0.3, -0.25) is 20.0 Å². The average Bonchev–Trinajstić information content (AvgIpc) is 3.56. The van der Waals surface area contributed by atoms with Crippen molar-refractivity contribution in [2.45, 2.75) is 44.9 Å². The Bertz CT molecular complexity index is 1230. The van der Waals surface area contributed by atoms with Crippen LogP contribution in [0.15, 0.2) is 11.6 Å². The van der Waals surface area contributed by atoms with Crippen LogP contribution < -0.4 is 16.4 Å². The van der Waals surface area contributed by atoms with Crippen LogP contribution in [0.3, 0.4) is 0 Å². The second kappa shape index (κ2) is 10.1. The van der Waals surface area contributed by atoms with Crippen LogP contribution >= 0.6 is 11.3 Å². The summed E-state index contributed by atoms with van der Waals surface area (Å²) in [4.78, 5) is 40.2. The molecule has 1 aliphatic carbocycles. The van der Waals surface area contributed by atoms with E-state index in [2.05, 4.69) is 49.6 Å². The molecule has 2 aliphatic rings. The number of amides is 2. The Balaban J connectivity index is 0.000000917. The number of anilines is 2. The molecular formula is C23H31N9O2S. The van der Waals surface area contributed by atoms with Crippen molar-refractivity contribution < 1.29 is 9.59 Å². The van der Waals surface area contributed by atoms with Crippen molar-refractivity contribution in [3.8, 4) is 11.4 Å². The van der Waals surface area contributed by atoms with E-state index in [0.29, 0.717) is 34.3 Å². The molecule has 3 aromatic heterocycles. The fourth-order valence-electron chi connectivity index (χ4n) is 4.49. The van der Waals surface area contributed by atoms with Crippen LogP contribution in [0.5, 0.6) is 0 Å². The summed E-state index contributed by atoms with van der Waals surface area (Å²) in [6.45, 7) is 5.74. The molecule has 0 radical (unpaired) electrons. The molecule has 1 saturated heterocycles. The first-order valence-electron chi connectivity index (χ1n) is 11.6. The predicted octanol–water partition coefficient (Wildman–Crippen LogP) is 1.99. The summed E-state index contributed by atoms with van der Waals surface area (Å²) in [5, 5.41) is 15.1. The van der Waals surface area contributed by atoms with E-state index in [1.807, 2.05) is 24.4 Å². The Labute approximate surface area is 208 Å². The largest absolute Gasteiger partial charge is 0.368 e. The molecule has 2 amide bonds. The Hall–Kier alpha value is -3.38. The van der Waals surface area contributed by atoms with Gasteiger partial charge in [0.1, 0.15) is 11.4 Å². The summed E-state index contributed by atoms with van der Waals surface area (Å²) in [6.07, 6.45) is 4.74. The number of carbonyl (C=O) groups excluding carboxylic acids is 2. The number of thiazole rings is 1. The minimum absolute atomic E-state index is 0.0787. The Kier molecular flexibility index (Phi) is 7.13. The zero-order valence-electron chi connectivity index (χ0n) is 20.4. The first kappa shape index (κ1) is 24.7. The van der Waals surface area contributed by atoms with Gasteiger partial charge in [0.15, 0.2) is 5.13 Å². The first-order chi connectivity index (χ1) is 16.7. The van der Waals surface area contributed by atoms with Crippen LogP contribution in [0.4, 0.5) is 11.1 Å². The van der Waals surface area contributed by atoms with E-state index in [-0.39, 0.29) is 29.6 Å². The lowest BCUT2D eigenvalue weighted by Gasteiger charge is -2.30. The molecule has 35 heavy (non-hydrogen) atoms. The second-order valence-electron chi connectivity index (χ2n) is 9.35. The summed E-state index contributed by atoms with van der Waals surface area (Å²) in [5.41, 5.74) is 9.47. The number of hydrogen-bond acceptors (Lipinski definition) is 9. The van der Waals surface area contributed by atoms with Crippen LogP contribution in [0.1, 0.15) is 54.0 Å². The molecule has 5 rings (SSSR count). The van der Waals surface area contributed by atoms with Crippen molar-refractivity contribution in [1.29, 1.82) is 0 Å². The highest BCUT2D eigenvalue weighted by atomic mass is 32.1. The zero-order chi connectivity index (χ0) is 25.2. The molecule has 1 fully saturated rings. The SMILES string of the molecule is CC1(C)Cc2cnc(N)nc2-c2n[nH]c(C(=O)Nc3nc(CC(=O)N4CCCC4)cs3)c21.CNC. The number of nitrogens with one attached hydrogen (secondary N) is 3. The van der Waals surface area contributed by atoms with Crippen LogP contribution in [-0.2, 0) is 23.1 Å². The van der Waals surface area contributed by atoms with E-state index in [0.717, 1.165) is 37.1 Å². The molecule has 0 atom stereocenters. The maximum Gasteiger partial charge on any atom is 0.275 e. The quantitative estimate of drug-likeness (QED) is 0.427. The van der Waals surface area contributed by atoms with Crippen molar-refractivity contribution in [3.05, 3.63) is 34.1 Å². The standard InChI is InChI=1S/C21H24N8O2S.C2H7N/c1-21(2)8-11-9-23-19(22)25-15(11)16-14(21)17(28-27-16)18(31)26-20-24-12(10-32-20)7-13(30)29-5-3-4-6-29;1-3-2/h9-10H,3-8H2,1-2H3,(H,27,28)(H2,22,23,25)(H,24,26,31);3H,1-2H3. The summed E-state index contributed by atoms with van der Waals surface area (Å²) in [5.74, 6) is -0.0822. The summed E-state index contributed by atoms with van der Waals surface area (Å²) in [6, 6.07) is 0. The number of aromatic nitrogens is 5. The second-order valence-corrected chi connectivity index (χ2v) is 10.2. The monoisotopic (exact) mass is 497 g/mol. The maximum absolute atomic E-state index is 13.1. The minimum Gasteiger partial charge on any atom is -0.368 e. The van der Waals surface area contributed by atoms with E-state index in [1.54, 1.807) is 6.20 Å². The third-order valence-corrected chi connectivity index (χ3v) is 6.78. The Morgan fingerprint density at radius 1 is 1.20 bits per heavy atom. The van der Waals surface area contributed by atoms with Gasteiger partial charge in [-0.05, 0) is 44.3 Å². The number of nitrogens with zero attached hydrogens (tertiary/aromatic N) is 5. The van der Waals surface area contributed by atoms with E-state index < -0.39 is 0 Å². The van der Waals surface area contributed by atoms with Crippen LogP contribution in [0, 0.1) is 0 Å². The lowest BCUT2D eigenvalue weighted by atomic mass is 9.73. The predicted molar refractivity (Wildman–Crippen MR) is 135 cm³/mol. The molecule has 4 heterocycles. The smallest absolute Gasteiger partial charge is 0.275 e. The molecular weight excluding hydrogens is 466 g/mol. The summed E-state index contributed by atoms with van der Waals surface area (Å²) >= 11 is 1.30. The number of nitrogens with two attached hydrogens (primary N) is 1. The third kappa shape index (κ3) is 5.17. The van der Waals surface area contributed by atoms with Gasteiger partial charge in [-0.15, -0.1) is 11.3 Å². The van der Waals surface area contributed by atoms with Crippen LogP contribution in [0.2, 0.25) is 0 Å². The lowest BCUT2D eigenvalue weighted by Crippen LogP contribution is -2.29. The normalized spacial score (nSPS) is 15.6. The van der Waals surface area contributed by atoms with Crippen molar-refractivity contribution in [2.75, 3.05) is 38.2 Å². The molecule has 0 bridgehead atoms. The van der Waals surface area contributed by atoms with Gasteiger partial charge in [0.25, 0.3) is 5.91 Å². The molecule has 186 valence electrons. The van der Waals surface area contributed by atoms with Gasteiger partial charge in [0.05, 0.1) is 17.8 Å². The van der Waals surface area contributed by atoms with E-state index in [9.17, 15) is 9.59 Å². The fraction of sp³-hybridized carbons (Fsp3) is 0.478. The third-order valence-electron chi connectivity index (χ3n) is 5.97. The Morgan fingerprint density at radius 2 is 1.91 bits per heavy atom. The van der Waals surface area contributed by atoms with Gasteiger partial charge < -0.3 is 16.0 Å². The molecule has 1 aliphatic heterocycles. The van der Waals surface area contributed by atoms with Gasteiger partial charge in [-0.1, -0.05) is 13.8 Å². The average molecular weight is 498 g/mol. The summed E-state index contributed by atoms with van der Waals surface area (Å²) in [7, 11) is 3.75. The number of rotatable bonds is 4. The number of carbonyl (C=O) groups is 2. The molecule has 3 aromatic rings. The summed E-state index contributed by atoms with van der Waals surface area (Å²) < 4.78 is 0. The molecule has 5 N–H and O–H groups in total. The highest BCUT2D eigenvalue weighted by Crippen LogP contribution is 2.42. The van der Waals surface area contributed by atoms with Gasteiger partial charge in [-0.25, -0.2) is 15.0 Å². The topological polar surface area (TPSA) is 155 Å². The highest BCUT2D eigenvalue weighted by Gasteiger charge is 2.38. The van der Waals surface area contributed by atoms with Crippen LogP contribution in [-0.4, -0.2) is 69.0 Å². The number of H-pyrrole nitrogens is 1. The fourth-order valence-corrected chi connectivity index (χ4v) is 5.20. The van der Waals surface area contributed by atoms with Crippen molar-refractivity contribution in [2.24, 2.45) is 0 Å². The number of likely N-dealkylation sites (tertiary alicyclic amines) is 1. The van der Waals surface area contributed by atoms with Crippen LogP contribution in [0.25, 0.3) is 11.4 Å². The molecule has 12 heteroatoms. The highest BCUT2D eigenvalue weighted by molar-refractivity contribution is 7.14. The number of aromatic amines is 1. The molecule has 11 nitrogen and oxygen atoms in total. The zero-order valence-corrected chi connectivity index (χ0v) is 21.3.